The topological polar surface area (TPSA) is 66.5 Å². The van der Waals surface area contributed by atoms with E-state index in [2.05, 4.69) is 33.7 Å². The van der Waals surface area contributed by atoms with Crippen molar-refractivity contribution in [2.45, 2.75) is 70.1 Å². The molecule has 0 atom stereocenters. The van der Waals surface area contributed by atoms with Crippen molar-refractivity contribution >= 4 is 22.5 Å². The fourth-order valence-corrected chi connectivity index (χ4v) is 4.61. The van der Waals surface area contributed by atoms with E-state index in [-0.39, 0.29) is 0 Å². The lowest BCUT2D eigenvalue weighted by Crippen LogP contribution is -2.15. The summed E-state index contributed by atoms with van der Waals surface area (Å²) < 4.78 is 0. The average molecular weight is 361 g/mol. The molecule has 5 nitrogen and oxygen atoms in total. The van der Waals surface area contributed by atoms with E-state index in [0.717, 1.165) is 41.2 Å². The van der Waals surface area contributed by atoms with Gasteiger partial charge in [0.05, 0.1) is 5.52 Å². The molecular formula is C22H27N5. The van der Waals surface area contributed by atoms with E-state index in [1.54, 1.807) is 0 Å². The number of para-hydroxylation sites is 1. The van der Waals surface area contributed by atoms with Gasteiger partial charge in [0, 0.05) is 22.6 Å². The van der Waals surface area contributed by atoms with Crippen molar-refractivity contribution in [1.29, 1.82) is 0 Å². The second-order valence-electron chi connectivity index (χ2n) is 7.99. The van der Waals surface area contributed by atoms with Crippen LogP contribution in [0, 0.1) is 0 Å². The first kappa shape index (κ1) is 16.7. The van der Waals surface area contributed by atoms with Gasteiger partial charge in [-0.05, 0) is 50.7 Å². The highest BCUT2D eigenvalue weighted by molar-refractivity contribution is 5.91. The summed E-state index contributed by atoms with van der Waals surface area (Å²) in [5.74, 6) is 3.41. The number of hydrogen-bond donors (Lipinski definition) is 2. The predicted octanol–water partition coefficient (Wildman–Crippen LogP) is 5.41. The molecule has 2 N–H and O–H groups in total. The summed E-state index contributed by atoms with van der Waals surface area (Å²) in [6, 6.07) is 8.23. The first-order valence-electron chi connectivity index (χ1n) is 10.5. The van der Waals surface area contributed by atoms with E-state index in [9.17, 15) is 0 Å². The molecule has 2 aromatic heterocycles. The van der Waals surface area contributed by atoms with Gasteiger partial charge in [0.15, 0.2) is 5.82 Å². The Labute approximate surface area is 160 Å². The van der Waals surface area contributed by atoms with E-state index in [1.807, 2.05) is 6.07 Å². The lowest BCUT2D eigenvalue weighted by molar-refractivity contribution is 0.550. The van der Waals surface area contributed by atoms with Crippen LogP contribution in [0.3, 0.4) is 0 Å². The van der Waals surface area contributed by atoms with E-state index in [4.69, 9.17) is 9.97 Å². The number of aromatic nitrogens is 4. The van der Waals surface area contributed by atoms with Crippen LogP contribution < -0.4 is 5.32 Å². The lowest BCUT2D eigenvalue weighted by Gasteiger charge is -2.22. The van der Waals surface area contributed by atoms with Gasteiger partial charge in [-0.1, -0.05) is 37.8 Å². The highest BCUT2D eigenvalue weighted by atomic mass is 15.2. The van der Waals surface area contributed by atoms with Gasteiger partial charge in [-0.2, -0.15) is 5.10 Å². The van der Waals surface area contributed by atoms with Crippen LogP contribution >= 0.6 is 0 Å². The summed E-state index contributed by atoms with van der Waals surface area (Å²) in [5, 5.41) is 12.3. The molecule has 140 valence electrons. The summed E-state index contributed by atoms with van der Waals surface area (Å²) in [6.45, 7) is 0. The lowest BCUT2D eigenvalue weighted by atomic mass is 9.94. The molecule has 2 aliphatic carbocycles. The Kier molecular flexibility index (Phi) is 4.52. The van der Waals surface area contributed by atoms with Crippen LogP contribution in [0.1, 0.15) is 74.4 Å². The van der Waals surface area contributed by atoms with Crippen molar-refractivity contribution in [3.05, 3.63) is 41.3 Å². The molecule has 2 heterocycles. The third-order valence-corrected chi connectivity index (χ3v) is 6.13. The van der Waals surface area contributed by atoms with Crippen molar-refractivity contribution in [2.24, 2.45) is 0 Å². The Morgan fingerprint density at radius 3 is 2.56 bits per heavy atom. The summed E-state index contributed by atoms with van der Waals surface area (Å²) in [6.07, 6.45) is 12.4. The van der Waals surface area contributed by atoms with Gasteiger partial charge >= 0.3 is 0 Å². The number of nitrogens with zero attached hydrogens (tertiary/aromatic N) is 3. The zero-order valence-electron chi connectivity index (χ0n) is 15.8. The number of benzene rings is 1. The minimum absolute atomic E-state index is 0.510. The standard InChI is InChI=1S/C22H27N5/c1-2-4-10-15(9-3-1)20-23-18-13-7-5-11-16(18)21(24-20)25-22-17-12-6-8-14-19(17)26-27-22/h6,8,12,14-15H,1-5,7,9-11,13H2,(H2,23,24,25,26,27). The van der Waals surface area contributed by atoms with Gasteiger partial charge < -0.3 is 5.32 Å². The molecule has 1 fully saturated rings. The molecule has 2 aliphatic rings. The minimum atomic E-state index is 0.510. The number of anilines is 2. The summed E-state index contributed by atoms with van der Waals surface area (Å²) >= 11 is 0. The quantitative estimate of drug-likeness (QED) is 0.612. The average Bonchev–Trinajstić information content (AvgIpc) is 2.92. The summed E-state index contributed by atoms with van der Waals surface area (Å²) in [4.78, 5) is 10.1. The molecule has 0 saturated heterocycles. The zero-order chi connectivity index (χ0) is 18.1. The van der Waals surface area contributed by atoms with Gasteiger partial charge in [-0.15, -0.1) is 0 Å². The largest absolute Gasteiger partial charge is 0.323 e. The van der Waals surface area contributed by atoms with Crippen LogP contribution in [-0.2, 0) is 12.8 Å². The van der Waals surface area contributed by atoms with Gasteiger partial charge in [-0.25, -0.2) is 9.97 Å². The second-order valence-corrected chi connectivity index (χ2v) is 7.99. The van der Waals surface area contributed by atoms with Crippen LogP contribution in [0.15, 0.2) is 24.3 Å². The number of rotatable bonds is 3. The minimum Gasteiger partial charge on any atom is -0.323 e. The molecule has 5 rings (SSSR count). The van der Waals surface area contributed by atoms with Gasteiger partial charge in [0.2, 0.25) is 0 Å². The van der Waals surface area contributed by atoms with Crippen molar-refractivity contribution in [1.82, 2.24) is 20.2 Å². The monoisotopic (exact) mass is 361 g/mol. The maximum Gasteiger partial charge on any atom is 0.161 e. The molecule has 1 saturated carbocycles. The van der Waals surface area contributed by atoms with Crippen molar-refractivity contribution < 1.29 is 0 Å². The third kappa shape index (κ3) is 3.31. The van der Waals surface area contributed by atoms with Crippen LogP contribution in [0.25, 0.3) is 10.9 Å². The maximum atomic E-state index is 5.06. The number of aryl methyl sites for hydroxylation is 1. The number of nitrogens with one attached hydrogen (secondary N) is 2. The Morgan fingerprint density at radius 1 is 0.852 bits per heavy atom. The number of H-pyrrole nitrogens is 1. The van der Waals surface area contributed by atoms with E-state index >= 15 is 0 Å². The fourth-order valence-electron chi connectivity index (χ4n) is 4.61. The van der Waals surface area contributed by atoms with Crippen molar-refractivity contribution in [3.8, 4) is 0 Å². The molecule has 0 unspecified atom stereocenters. The van der Waals surface area contributed by atoms with Gasteiger partial charge in [-0.3, -0.25) is 5.10 Å². The molecule has 1 aromatic carbocycles. The highest BCUT2D eigenvalue weighted by Gasteiger charge is 2.23. The Bertz CT molecular complexity index is 937. The first-order chi connectivity index (χ1) is 13.4. The SMILES string of the molecule is c1ccc2c(Nc3nc(C4CCCCCC4)nc4c3CCCC4)n[nH]c2c1. The first-order valence-corrected chi connectivity index (χ1v) is 10.5. The molecule has 0 bridgehead atoms. The smallest absolute Gasteiger partial charge is 0.161 e. The highest BCUT2D eigenvalue weighted by Crippen LogP contribution is 2.34. The molecule has 0 radical (unpaired) electrons. The van der Waals surface area contributed by atoms with E-state index < -0.39 is 0 Å². The Morgan fingerprint density at radius 2 is 1.67 bits per heavy atom. The molecule has 5 heteroatoms. The van der Waals surface area contributed by atoms with Crippen LogP contribution in [0.5, 0.6) is 0 Å². The van der Waals surface area contributed by atoms with Crippen LogP contribution in [-0.4, -0.2) is 20.2 Å². The third-order valence-electron chi connectivity index (χ3n) is 6.13. The van der Waals surface area contributed by atoms with Gasteiger partial charge in [0.1, 0.15) is 11.6 Å². The van der Waals surface area contributed by atoms with E-state index in [0.29, 0.717) is 5.92 Å². The maximum absolute atomic E-state index is 5.06. The summed E-state index contributed by atoms with van der Waals surface area (Å²) in [7, 11) is 0. The molecule has 0 aliphatic heterocycles. The molecule has 3 aromatic rings. The summed E-state index contributed by atoms with van der Waals surface area (Å²) in [5.41, 5.74) is 3.61. The normalized spacial score (nSPS) is 18.2. The molecule has 27 heavy (non-hydrogen) atoms. The second kappa shape index (κ2) is 7.29. The van der Waals surface area contributed by atoms with Gasteiger partial charge in [0.25, 0.3) is 0 Å². The fraction of sp³-hybridized carbons (Fsp3) is 0.500. The van der Waals surface area contributed by atoms with Crippen molar-refractivity contribution in [2.75, 3.05) is 5.32 Å². The Balaban J connectivity index is 1.54. The molecule has 0 amide bonds. The van der Waals surface area contributed by atoms with Crippen LogP contribution in [0.2, 0.25) is 0 Å². The van der Waals surface area contributed by atoms with E-state index in [1.165, 1.54) is 62.6 Å². The van der Waals surface area contributed by atoms with Crippen LogP contribution in [0.4, 0.5) is 11.6 Å². The Hall–Kier alpha value is -2.43. The molecular weight excluding hydrogens is 334 g/mol. The number of aromatic amines is 1. The zero-order valence-corrected chi connectivity index (χ0v) is 15.8. The van der Waals surface area contributed by atoms with Crippen molar-refractivity contribution in [3.63, 3.8) is 0 Å². The molecule has 0 spiro atoms. The predicted molar refractivity (Wildman–Crippen MR) is 108 cm³/mol. The number of fused-ring (bicyclic) bond motifs is 2. The number of hydrogen-bond acceptors (Lipinski definition) is 4.